The number of amides is 2. The van der Waals surface area contributed by atoms with Crippen LogP contribution in [-0.2, 0) is 4.79 Å². The molecule has 144 valence electrons. The number of aromatic nitrogens is 2. The predicted molar refractivity (Wildman–Crippen MR) is 104 cm³/mol. The average molecular weight is 382 g/mol. The maximum Gasteiger partial charge on any atom is 0.255 e. The van der Waals surface area contributed by atoms with Gasteiger partial charge < -0.3 is 15.8 Å². The first-order valence-corrected chi connectivity index (χ1v) is 8.49. The van der Waals surface area contributed by atoms with Crippen molar-refractivity contribution in [3.05, 3.63) is 59.0 Å². The van der Waals surface area contributed by atoms with Gasteiger partial charge in [-0.15, -0.1) is 0 Å². The molecule has 0 aliphatic heterocycles. The molecule has 1 aromatic heterocycles. The molecule has 3 aromatic rings. The van der Waals surface area contributed by atoms with Crippen LogP contribution in [0, 0.1) is 5.82 Å². The van der Waals surface area contributed by atoms with Crippen LogP contribution >= 0.6 is 0 Å². The lowest BCUT2D eigenvalue weighted by Gasteiger charge is -2.13. The summed E-state index contributed by atoms with van der Waals surface area (Å²) in [6.45, 7) is 1.50. The molecule has 7 nitrogen and oxygen atoms in total. The van der Waals surface area contributed by atoms with Gasteiger partial charge in [-0.25, -0.2) is 4.39 Å². The van der Waals surface area contributed by atoms with Crippen LogP contribution in [-0.4, -0.2) is 35.2 Å². The van der Waals surface area contributed by atoms with E-state index < -0.39 is 17.9 Å². The Kier molecular flexibility index (Phi) is 5.39. The van der Waals surface area contributed by atoms with Gasteiger partial charge in [-0.1, -0.05) is 18.2 Å². The van der Waals surface area contributed by atoms with Crippen molar-refractivity contribution in [2.24, 2.45) is 5.73 Å². The van der Waals surface area contributed by atoms with Crippen molar-refractivity contribution in [3.8, 4) is 5.75 Å². The Morgan fingerprint density at radius 3 is 2.75 bits per heavy atom. The van der Waals surface area contributed by atoms with Crippen LogP contribution < -0.4 is 15.8 Å². The molecule has 0 radical (unpaired) electrons. The van der Waals surface area contributed by atoms with E-state index in [1.165, 1.54) is 26.2 Å². The van der Waals surface area contributed by atoms with E-state index in [1.54, 1.807) is 36.4 Å². The second kappa shape index (κ2) is 7.91. The number of primary amides is 1. The van der Waals surface area contributed by atoms with Gasteiger partial charge in [0.2, 0.25) is 5.91 Å². The molecule has 0 spiro atoms. The maximum absolute atomic E-state index is 13.4. The summed E-state index contributed by atoms with van der Waals surface area (Å²) in [5, 5.41) is 10.2. The SMILES string of the molecule is COc1c(C(=O)N[C@@H](C)C(N)=O)ccc2n[nH]c(C=Cc3cccc(F)c3)c12. The highest BCUT2D eigenvalue weighted by Crippen LogP contribution is 2.32. The van der Waals surface area contributed by atoms with E-state index in [2.05, 4.69) is 15.5 Å². The normalized spacial score (nSPS) is 12.2. The quantitative estimate of drug-likeness (QED) is 0.608. The predicted octanol–water partition coefficient (Wildman–Crippen LogP) is 2.48. The van der Waals surface area contributed by atoms with Gasteiger partial charge >= 0.3 is 0 Å². The van der Waals surface area contributed by atoms with E-state index in [0.717, 1.165) is 0 Å². The number of H-pyrrole nitrogens is 1. The van der Waals surface area contributed by atoms with Crippen LogP contribution in [0.5, 0.6) is 5.75 Å². The minimum atomic E-state index is -0.829. The number of hydrogen-bond donors (Lipinski definition) is 3. The van der Waals surface area contributed by atoms with Gasteiger partial charge in [0.15, 0.2) is 0 Å². The van der Waals surface area contributed by atoms with Crippen molar-refractivity contribution < 1.29 is 18.7 Å². The lowest BCUT2D eigenvalue weighted by Crippen LogP contribution is -2.42. The molecule has 0 saturated heterocycles. The standard InChI is InChI=1S/C20H19FN4O3/c1-11(19(22)26)23-20(27)14-7-9-16-17(18(14)28-2)15(24-25-16)8-6-12-4-3-5-13(21)10-12/h3-11H,1-2H3,(H2,22,26)(H,23,27)(H,24,25)/t11-/m0/s1. The molecular formula is C20H19FN4O3. The number of benzene rings is 2. The molecule has 2 aromatic carbocycles. The number of nitrogens with one attached hydrogen (secondary N) is 2. The Balaban J connectivity index is 2.02. The minimum Gasteiger partial charge on any atom is -0.495 e. The van der Waals surface area contributed by atoms with Crippen LogP contribution in [0.2, 0.25) is 0 Å². The summed E-state index contributed by atoms with van der Waals surface area (Å²) in [6, 6.07) is 8.54. The summed E-state index contributed by atoms with van der Waals surface area (Å²) < 4.78 is 18.8. The summed E-state index contributed by atoms with van der Waals surface area (Å²) in [4.78, 5) is 23.8. The smallest absolute Gasteiger partial charge is 0.255 e. The molecule has 8 heteroatoms. The Morgan fingerprint density at radius 1 is 1.29 bits per heavy atom. The summed E-state index contributed by atoms with van der Waals surface area (Å²) in [6.07, 6.45) is 3.44. The van der Waals surface area contributed by atoms with Gasteiger partial charge in [-0.2, -0.15) is 5.10 Å². The van der Waals surface area contributed by atoms with Crippen molar-refractivity contribution in [1.29, 1.82) is 0 Å². The third-order valence-corrected chi connectivity index (χ3v) is 4.22. The average Bonchev–Trinajstić information content (AvgIpc) is 3.08. The third kappa shape index (κ3) is 3.85. The van der Waals surface area contributed by atoms with Gasteiger partial charge in [-0.05, 0) is 42.8 Å². The topological polar surface area (TPSA) is 110 Å². The van der Waals surface area contributed by atoms with Crippen LogP contribution in [0.15, 0.2) is 36.4 Å². The number of aromatic amines is 1. The number of nitrogens with two attached hydrogens (primary N) is 1. The highest BCUT2D eigenvalue weighted by molar-refractivity contribution is 6.06. The van der Waals surface area contributed by atoms with Crippen molar-refractivity contribution in [2.45, 2.75) is 13.0 Å². The van der Waals surface area contributed by atoms with E-state index in [-0.39, 0.29) is 11.4 Å². The van der Waals surface area contributed by atoms with Gasteiger partial charge in [0, 0.05) is 0 Å². The molecule has 0 unspecified atom stereocenters. The third-order valence-electron chi connectivity index (χ3n) is 4.22. The number of rotatable bonds is 6. The number of methoxy groups -OCH3 is 1. The van der Waals surface area contributed by atoms with Crippen LogP contribution in [0.25, 0.3) is 23.1 Å². The first kappa shape index (κ1) is 19.1. The Hall–Kier alpha value is -3.68. The van der Waals surface area contributed by atoms with Gasteiger partial charge in [0.25, 0.3) is 5.91 Å². The van der Waals surface area contributed by atoms with Crippen molar-refractivity contribution in [2.75, 3.05) is 7.11 Å². The summed E-state index contributed by atoms with van der Waals surface area (Å²) >= 11 is 0. The number of halogens is 1. The molecule has 3 rings (SSSR count). The largest absolute Gasteiger partial charge is 0.495 e. The van der Waals surface area contributed by atoms with Crippen molar-refractivity contribution in [1.82, 2.24) is 15.5 Å². The first-order valence-electron chi connectivity index (χ1n) is 8.49. The molecule has 0 saturated carbocycles. The zero-order valence-corrected chi connectivity index (χ0v) is 15.3. The first-order chi connectivity index (χ1) is 13.4. The van der Waals surface area contributed by atoms with E-state index in [9.17, 15) is 14.0 Å². The number of nitrogens with zero attached hydrogens (tertiary/aromatic N) is 1. The lowest BCUT2D eigenvalue weighted by atomic mass is 10.1. The number of hydrogen-bond acceptors (Lipinski definition) is 4. The Bertz CT molecular complexity index is 1070. The van der Waals surface area contributed by atoms with Crippen molar-refractivity contribution in [3.63, 3.8) is 0 Å². The highest BCUT2D eigenvalue weighted by atomic mass is 19.1. The van der Waals surface area contributed by atoms with E-state index >= 15 is 0 Å². The maximum atomic E-state index is 13.4. The molecule has 0 fully saturated rings. The molecule has 2 amide bonds. The number of carbonyl (C=O) groups excluding carboxylic acids is 2. The van der Waals surface area contributed by atoms with E-state index in [4.69, 9.17) is 10.5 Å². The number of carbonyl (C=O) groups is 2. The molecule has 4 N–H and O–H groups in total. The zero-order chi connectivity index (χ0) is 20.3. The second-order valence-electron chi connectivity index (χ2n) is 6.16. The minimum absolute atomic E-state index is 0.241. The van der Waals surface area contributed by atoms with E-state index in [0.29, 0.717) is 27.9 Å². The number of ether oxygens (including phenoxy) is 1. The van der Waals surface area contributed by atoms with Gasteiger partial charge in [0.1, 0.15) is 17.6 Å². The van der Waals surface area contributed by atoms with Crippen molar-refractivity contribution >= 4 is 34.9 Å². The lowest BCUT2D eigenvalue weighted by molar-refractivity contribution is -0.119. The fourth-order valence-electron chi connectivity index (χ4n) is 2.75. The van der Waals surface area contributed by atoms with Gasteiger partial charge in [0.05, 0.1) is 29.3 Å². The molecule has 1 atom stereocenters. The monoisotopic (exact) mass is 382 g/mol. The molecule has 0 aliphatic carbocycles. The highest BCUT2D eigenvalue weighted by Gasteiger charge is 2.21. The van der Waals surface area contributed by atoms with Crippen LogP contribution in [0.1, 0.15) is 28.5 Å². The van der Waals surface area contributed by atoms with Crippen LogP contribution in [0.3, 0.4) is 0 Å². The van der Waals surface area contributed by atoms with E-state index in [1.807, 2.05) is 0 Å². The Labute approximate surface area is 160 Å². The fraction of sp³-hybridized carbons (Fsp3) is 0.150. The molecule has 0 bridgehead atoms. The fourth-order valence-corrected chi connectivity index (χ4v) is 2.75. The molecular weight excluding hydrogens is 363 g/mol. The van der Waals surface area contributed by atoms with Gasteiger partial charge in [-0.3, -0.25) is 14.7 Å². The molecule has 0 aliphatic rings. The Morgan fingerprint density at radius 2 is 2.07 bits per heavy atom. The number of fused-ring (bicyclic) bond motifs is 1. The molecule has 28 heavy (non-hydrogen) atoms. The second-order valence-corrected chi connectivity index (χ2v) is 6.16. The summed E-state index contributed by atoms with van der Waals surface area (Å²) in [7, 11) is 1.44. The zero-order valence-electron chi connectivity index (χ0n) is 15.3. The molecule has 1 heterocycles. The summed E-state index contributed by atoms with van der Waals surface area (Å²) in [5.41, 5.74) is 7.30. The van der Waals surface area contributed by atoms with Crippen LogP contribution in [0.4, 0.5) is 4.39 Å². The summed E-state index contributed by atoms with van der Waals surface area (Å²) in [5.74, 6) is -1.17.